The van der Waals surface area contributed by atoms with E-state index in [1.54, 1.807) is 18.2 Å². The molecule has 12 nitrogen and oxygen atoms in total. The van der Waals surface area contributed by atoms with Crippen molar-refractivity contribution in [1.29, 1.82) is 0 Å². The van der Waals surface area contributed by atoms with E-state index in [0.717, 1.165) is 82.1 Å². The van der Waals surface area contributed by atoms with Gasteiger partial charge in [0, 0.05) is 74.9 Å². The third-order valence-corrected chi connectivity index (χ3v) is 12.1. The number of rotatable bonds is 9. The fourth-order valence-corrected chi connectivity index (χ4v) is 8.56. The fourth-order valence-electron chi connectivity index (χ4n) is 8.15. The van der Waals surface area contributed by atoms with Gasteiger partial charge in [-0.05, 0) is 98.5 Å². The number of piperidine rings is 2. The van der Waals surface area contributed by atoms with Crippen molar-refractivity contribution >= 4 is 68.5 Å². The number of halogens is 4. The van der Waals surface area contributed by atoms with Crippen LogP contribution in [0.3, 0.4) is 0 Å². The Morgan fingerprint density at radius 3 is 1.78 bits per heavy atom. The smallest absolute Gasteiger partial charge is 0.308 e. The summed E-state index contributed by atoms with van der Waals surface area (Å²) in [7, 11) is 0. The van der Waals surface area contributed by atoms with Crippen LogP contribution >= 0.6 is 23.2 Å². The Bertz CT molecular complexity index is 2490. The fraction of sp³-hybridized carbons (Fsp3) is 0.364. The van der Waals surface area contributed by atoms with Crippen LogP contribution in [-0.2, 0) is 14.3 Å². The van der Waals surface area contributed by atoms with Gasteiger partial charge < -0.3 is 34.9 Å². The molecule has 6 aromatic rings. The molecule has 60 heavy (non-hydrogen) atoms. The molecule has 0 saturated carbocycles. The minimum absolute atomic E-state index is 0.0493. The molecule has 9 rings (SSSR count). The lowest BCUT2D eigenvalue weighted by Crippen LogP contribution is -2.46. The van der Waals surface area contributed by atoms with E-state index in [9.17, 15) is 23.5 Å². The molecule has 16 heteroatoms. The number of carbonyl (C=O) groups is 2. The van der Waals surface area contributed by atoms with Gasteiger partial charge in [-0.15, -0.1) is 0 Å². The molecule has 4 N–H and O–H groups in total. The van der Waals surface area contributed by atoms with Gasteiger partial charge in [0.1, 0.15) is 23.3 Å². The Balaban J connectivity index is 0.000000172. The molecule has 0 aliphatic carbocycles. The summed E-state index contributed by atoms with van der Waals surface area (Å²) >= 11 is 12.9. The van der Waals surface area contributed by atoms with Gasteiger partial charge in [0.15, 0.2) is 0 Å². The zero-order valence-corrected chi connectivity index (χ0v) is 34.4. The number of hydrogen-bond acceptors (Lipinski definition) is 8. The van der Waals surface area contributed by atoms with Gasteiger partial charge in [0.25, 0.3) is 0 Å². The highest BCUT2D eigenvalue weighted by Crippen LogP contribution is 2.35. The quantitative estimate of drug-likeness (QED) is 0.114. The number of benzene rings is 4. The molecule has 5 heterocycles. The number of hydrogen-bond donors (Lipinski definition) is 4. The van der Waals surface area contributed by atoms with E-state index in [1.807, 2.05) is 30.3 Å². The number of imidazole rings is 2. The number of carboxylic acid groups (broad SMARTS) is 1. The lowest BCUT2D eigenvalue weighted by atomic mass is 9.96. The van der Waals surface area contributed by atoms with Crippen molar-refractivity contribution in [3.8, 4) is 22.8 Å². The molecule has 2 aromatic heterocycles. The number of aliphatic carboxylic acids is 1. The van der Waals surface area contributed by atoms with E-state index in [4.69, 9.17) is 27.9 Å². The molecule has 1 amide bonds. The molecule has 0 radical (unpaired) electrons. The predicted octanol–water partition coefficient (Wildman–Crippen LogP) is 8.01. The van der Waals surface area contributed by atoms with Crippen molar-refractivity contribution < 1.29 is 28.2 Å². The standard InChI is InChI=1S/C25H29ClFN5O2.C19H17ClFN3O2/c26-21-5-4-19(15-20(21)24-29-22-6-3-18(27)14-23(22)30-24)32-8-1-2-17(16-32)25(33)28-7-9-31-10-12-34-13-11-31;20-15-5-4-13(24-7-1-2-11(10-24)19(25)26)9-14(15)18-22-16-6-3-12(21)8-17(16)23-18/h3-6,14-15,17H,1-2,7-13,16H2,(H,28,33)(H,29,30);3-6,8-9,11H,1-2,7,10H2,(H,22,23)(H,25,26)/t17-;11-/m11/s1. The van der Waals surface area contributed by atoms with Crippen molar-refractivity contribution in [2.24, 2.45) is 11.8 Å². The highest BCUT2D eigenvalue weighted by molar-refractivity contribution is 6.33. The lowest BCUT2D eigenvalue weighted by molar-refractivity contribution is -0.142. The Kier molecular flexibility index (Phi) is 12.8. The summed E-state index contributed by atoms with van der Waals surface area (Å²) in [5.41, 5.74) is 5.94. The zero-order chi connectivity index (χ0) is 41.8. The lowest BCUT2D eigenvalue weighted by Gasteiger charge is -2.34. The van der Waals surface area contributed by atoms with Crippen molar-refractivity contribution in [2.75, 3.05) is 75.4 Å². The number of aromatic nitrogens is 4. The number of nitrogens with one attached hydrogen (secondary N) is 3. The summed E-state index contributed by atoms with van der Waals surface area (Å²) in [4.78, 5) is 46.1. The highest BCUT2D eigenvalue weighted by atomic mass is 35.5. The van der Waals surface area contributed by atoms with E-state index in [-0.39, 0.29) is 29.4 Å². The van der Waals surface area contributed by atoms with Gasteiger partial charge in [-0.3, -0.25) is 14.5 Å². The average Bonchev–Trinajstić information content (AvgIpc) is 3.88. The predicted molar refractivity (Wildman–Crippen MR) is 231 cm³/mol. The normalized spacial score (nSPS) is 18.7. The number of nitrogens with zero attached hydrogens (tertiary/aromatic N) is 5. The maximum atomic E-state index is 13.6. The second-order valence-corrected chi connectivity index (χ2v) is 16.3. The van der Waals surface area contributed by atoms with Crippen LogP contribution in [0.2, 0.25) is 10.0 Å². The number of H-pyrrole nitrogens is 2. The second-order valence-electron chi connectivity index (χ2n) is 15.5. The first-order valence-electron chi connectivity index (χ1n) is 20.3. The number of carbonyl (C=O) groups excluding carboxylic acids is 1. The Morgan fingerprint density at radius 1 is 0.733 bits per heavy atom. The first-order chi connectivity index (χ1) is 29.1. The zero-order valence-electron chi connectivity index (χ0n) is 32.9. The molecule has 2 atom stereocenters. The molecule has 4 aromatic carbocycles. The van der Waals surface area contributed by atoms with Crippen LogP contribution in [0.4, 0.5) is 20.2 Å². The van der Waals surface area contributed by atoms with Crippen LogP contribution in [-0.4, -0.2) is 107 Å². The first-order valence-corrected chi connectivity index (χ1v) is 21.0. The van der Waals surface area contributed by atoms with Gasteiger partial charge in [-0.25, -0.2) is 18.7 Å². The van der Waals surface area contributed by atoms with Gasteiger partial charge in [-0.2, -0.15) is 0 Å². The van der Waals surface area contributed by atoms with Gasteiger partial charge in [0.2, 0.25) is 5.91 Å². The molecule has 314 valence electrons. The van der Waals surface area contributed by atoms with E-state index in [2.05, 4.69) is 40.0 Å². The van der Waals surface area contributed by atoms with Crippen LogP contribution in [0, 0.1) is 23.5 Å². The van der Waals surface area contributed by atoms with Crippen LogP contribution in [0.1, 0.15) is 25.7 Å². The number of anilines is 2. The largest absolute Gasteiger partial charge is 0.481 e. The summed E-state index contributed by atoms with van der Waals surface area (Å²) < 4.78 is 32.4. The SMILES string of the molecule is O=C(NCCN1CCOCC1)[C@@H]1CCCN(c2ccc(Cl)c(-c3nc4ccc(F)cc4[nH]3)c2)C1.O=C(O)[C@@H]1CCCN(c2ccc(Cl)c(-c3nc4ccc(F)cc4[nH]3)c2)C1. The number of ether oxygens (including phenoxy) is 1. The molecule has 3 saturated heterocycles. The van der Waals surface area contributed by atoms with Crippen LogP contribution < -0.4 is 15.1 Å². The minimum atomic E-state index is -0.761. The average molecular weight is 860 g/mol. The molecular weight excluding hydrogens is 813 g/mol. The van der Waals surface area contributed by atoms with Crippen LogP contribution in [0.15, 0.2) is 72.8 Å². The van der Waals surface area contributed by atoms with Crippen molar-refractivity contribution in [2.45, 2.75) is 25.7 Å². The molecule has 0 bridgehead atoms. The molecular formula is C44H46Cl2F2N8O4. The number of fused-ring (bicyclic) bond motifs is 2. The van der Waals surface area contributed by atoms with Crippen LogP contribution in [0.5, 0.6) is 0 Å². The third kappa shape index (κ3) is 9.68. The monoisotopic (exact) mass is 858 g/mol. The van der Waals surface area contributed by atoms with Gasteiger partial charge in [-0.1, -0.05) is 23.2 Å². The molecule has 3 fully saturated rings. The summed E-state index contributed by atoms with van der Waals surface area (Å²) in [5, 5.41) is 13.5. The van der Waals surface area contributed by atoms with Crippen molar-refractivity contribution in [3.63, 3.8) is 0 Å². The van der Waals surface area contributed by atoms with Gasteiger partial charge >= 0.3 is 5.97 Å². The maximum absolute atomic E-state index is 13.6. The minimum Gasteiger partial charge on any atom is -0.481 e. The highest BCUT2D eigenvalue weighted by Gasteiger charge is 2.28. The summed E-state index contributed by atoms with van der Waals surface area (Å²) in [6.07, 6.45) is 3.36. The Labute approximate surface area is 355 Å². The molecule has 3 aliphatic rings. The number of aromatic amines is 2. The Morgan fingerprint density at radius 2 is 1.25 bits per heavy atom. The number of morpholine rings is 1. The first kappa shape index (κ1) is 41.5. The summed E-state index contributed by atoms with van der Waals surface area (Å²) in [6.45, 7) is 7.70. The topological polar surface area (TPSA) is 143 Å². The van der Waals surface area contributed by atoms with E-state index < -0.39 is 5.97 Å². The van der Waals surface area contributed by atoms with Crippen molar-refractivity contribution in [3.05, 3.63) is 94.5 Å². The number of amides is 1. The number of carboxylic acids is 1. The third-order valence-electron chi connectivity index (χ3n) is 11.4. The van der Waals surface area contributed by atoms with E-state index >= 15 is 0 Å². The van der Waals surface area contributed by atoms with Crippen LogP contribution in [0.25, 0.3) is 44.8 Å². The Hall–Kier alpha value is -5.28. The van der Waals surface area contributed by atoms with Crippen molar-refractivity contribution in [1.82, 2.24) is 30.2 Å². The van der Waals surface area contributed by atoms with Gasteiger partial charge in [0.05, 0.1) is 57.2 Å². The van der Waals surface area contributed by atoms with E-state index in [0.29, 0.717) is 75.4 Å². The second kappa shape index (κ2) is 18.5. The molecule has 0 spiro atoms. The maximum Gasteiger partial charge on any atom is 0.308 e. The molecule has 0 unspecified atom stereocenters. The summed E-state index contributed by atoms with van der Waals surface area (Å²) in [5.74, 6) is -0.546. The molecule has 3 aliphatic heterocycles. The summed E-state index contributed by atoms with van der Waals surface area (Å²) in [6, 6.07) is 20.2. The van der Waals surface area contributed by atoms with E-state index in [1.165, 1.54) is 24.3 Å².